The Morgan fingerprint density at radius 1 is 1.44 bits per heavy atom. The highest BCUT2D eigenvalue weighted by atomic mass is 79.9. The molecular formula is C13H21BrN2OS. The second-order valence-corrected chi connectivity index (χ2v) is 7.97. The third-order valence-electron chi connectivity index (χ3n) is 3.65. The summed E-state index contributed by atoms with van der Waals surface area (Å²) in [7, 11) is 0. The van der Waals surface area contributed by atoms with Crippen LogP contribution in [0, 0.1) is 0 Å². The summed E-state index contributed by atoms with van der Waals surface area (Å²) in [6, 6.07) is 4.58. The molecule has 1 saturated heterocycles. The number of likely N-dealkylation sites (tertiary alicyclic amines) is 1. The zero-order chi connectivity index (χ0) is 13.3. The summed E-state index contributed by atoms with van der Waals surface area (Å²) in [6.07, 6.45) is 1.64. The van der Waals surface area contributed by atoms with Gasteiger partial charge in [0.15, 0.2) is 0 Å². The number of thiophene rings is 1. The molecule has 2 atom stereocenters. The molecule has 0 radical (unpaired) electrons. The Morgan fingerprint density at radius 2 is 2.06 bits per heavy atom. The minimum Gasteiger partial charge on any atom is -0.390 e. The van der Waals surface area contributed by atoms with Crippen molar-refractivity contribution in [3.05, 3.63) is 20.8 Å². The average Bonchev–Trinajstić information content (AvgIpc) is 2.67. The predicted molar refractivity (Wildman–Crippen MR) is 79.8 cm³/mol. The second-order valence-electron chi connectivity index (χ2n) is 5.48. The molecule has 1 aromatic heterocycles. The zero-order valence-corrected chi connectivity index (χ0v) is 13.3. The highest BCUT2D eigenvalue weighted by molar-refractivity contribution is 9.11. The molecule has 1 aliphatic rings. The number of hydrogen-bond donors (Lipinski definition) is 2. The molecule has 1 fully saturated rings. The smallest absolute Gasteiger partial charge is 0.0702 e. The second kappa shape index (κ2) is 5.59. The Balaban J connectivity index is 2.12. The Hall–Kier alpha value is 0.0600. The van der Waals surface area contributed by atoms with Gasteiger partial charge in [-0.1, -0.05) is 0 Å². The van der Waals surface area contributed by atoms with Crippen molar-refractivity contribution in [2.45, 2.75) is 44.4 Å². The van der Waals surface area contributed by atoms with Crippen molar-refractivity contribution < 1.29 is 5.11 Å². The van der Waals surface area contributed by atoms with Crippen LogP contribution >= 0.6 is 27.3 Å². The molecule has 0 aromatic carbocycles. The van der Waals surface area contributed by atoms with Crippen LogP contribution in [0.5, 0.6) is 0 Å². The van der Waals surface area contributed by atoms with Gasteiger partial charge in [0.1, 0.15) is 0 Å². The Bertz CT molecular complexity index is 395. The normalized spacial score (nSPS) is 23.8. The van der Waals surface area contributed by atoms with E-state index in [2.05, 4.69) is 39.9 Å². The van der Waals surface area contributed by atoms with Crippen molar-refractivity contribution in [3.8, 4) is 0 Å². The number of halogens is 1. The van der Waals surface area contributed by atoms with Crippen LogP contribution in [-0.4, -0.2) is 34.7 Å². The minimum atomic E-state index is -0.505. The van der Waals surface area contributed by atoms with Crippen LogP contribution in [0.2, 0.25) is 0 Å². The molecule has 1 aromatic rings. The lowest BCUT2D eigenvalue weighted by molar-refractivity contribution is -0.0189. The number of nitrogens with two attached hydrogens (primary N) is 1. The Labute approximate surface area is 121 Å². The van der Waals surface area contributed by atoms with E-state index in [0.29, 0.717) is 0 Å². The number of hydrogen-bond acceptors (Lipinski definition) is 4. The third-order valence-corrected chi connectivity index (χ3v) is 5.35. The average molecular weight is 333 g/mol. The maximum absolute atomic E-state index is 10.0. The molecule has 0 saturated carbocycles. The van der Waals surface area contributed by atoms with Crippen molar-refractivity contribution in [2.75, 3.05) is 13.1 Å². The maximum atomic E-state index is 10.0. The van der Waals surface area contributed by atoms with E-state index in [1.165, 1.54) is 4.88 Å². The summed E-state index contributed by atoms with van der Waals surface area (Å²) in [5.74, 6) is 0. The summed E-state index contributed by atoms with van der Waals surface area (Å²) in [5, 5.41) is 10.0. The van der Waals surface area contributed by atoms with E-state index < -0.39 is 5.60 Å². The predicted octanol–water partition coefficient (Wildman–Crippen LogP) is 2.75. The third kappa shape index (κ3) is 3.33. The molecular weight excluding hydrogens is 312 g/mol. The topological polar surface area (TPSA) is 49.5 Å². The summed E-state index contributed by atoms with van der Waals surface area (Å²) >= 11 is 5.26. The van der Waals surface area contributed by atoms with Gasteiger partial charge in [0.25, 0.3) is 0 Å². The standard InChI is InChI=1S/C13H21BrN2OS/c1-9(15)12(10-3-4-11(14)18-10)16-7-5-13(2,17)6-8-16/h3-4,9,12,17H,5-8,15H2,1-2H3. The van der Waals surface area contributed by atoms with Crippen molar-refractivity contribution in [2.24, 2.45) is 5.73 Å². The molecule has 5 heteroatoms. The van der Waals surface area contributed by atoms with E-state index in [4.69, 9.17) is 5.73 Å². The highest BCUT2D eigenvalue weighted by Gasteiger charge is 2.33. The van der Waals surface area contributed by atoms with Gasteiger partial charge in [-0.15, -0.1) is 11.3 Å². The van der Waals surface area contributed by atoms with Gasteiger partial charge in [-0.05, 0) is 54.8 Å². The van der Waals surface area contributed by atoms with E-state index in [0.717, 1.165) is 29.7 Å². The molecule has 1 aliphatic heterocycles. The van der Waals surface area contributed by atoms with Crippen molar-refractivity contribution >= 4 is 27.3 Å². The summed E-state index contributed by atoms with van der Waals surface area (Å²) in [4.78, 5) is 3.71. The fourth-order valence-corrected chi connectivity index (χ4v) is 4.22. The Kier molecular flexibility index (Phi) is 4.49. The van der Waals surface area contributed by atoms with Gasteiger partial charge in [0.05, 0.1) is 15.4 Å². The molecule has 0 spiro atoms. The van der Waals surface area contributed by atoms with Gasteiger partial charge in [0, 0.05) is 24.0 Å². The van der Waals surface area contributed by atoms with Crippen LogP contribution in [0.1, 0.15) is 37.6 Å². The van der Waals surface area contributed by atoms with E-state index in [1.807, 2.05) is 6.92 Å². The van der Waals surface area contributed by atoms with Crippen LogP contribution in [0.15, 0.2) is 15.9 Å². The molecule has 102 valence electrons. The number of piperidine rings is 1. The zero-order valence-electron chi connectivity index (χ0n) is 10.9. The van der Waals surface area contributed by atoms with Crippen molar-refractivity contribution in [3.63, 3.8) is 0 Å². The van der Waals surface area contributed by atoms with Gasteiger partial charge >= 0.3 is 0 Å². The monoisotopic (exact) mass is 332 g/mol. The van der Waals surface area contributed by atoms with Gasteiger partial charge in [-0.3, -0.25) is 4.90 Å². The molecule has 2 rings (SSSR count). The lowest BCUT2D eigenvalue weighted by atomic mass is 9.92. The van der Waals surface area contributed by atoms with Gasteiger partial charge in [0.2, 0.25) is 0 Å². The van der Waals surface area contributed by atoms with Crippen molar-refractivity contribution in [1.82, 2.24) is 4.90 Å². The SMILES string of the molecule is CC(N)C(c1ccc(Br)s1)N1CCC(C)(O)CC1. The fourth-order valence-electron chi connectivity index (χ4n) is 2.54. The largest absolute Gasteiger partial charge is 0.390 e. The van der Waals surface area contributed by atoms with E-state index in [9.17, 15) is 5.11 Å². The maximum Gasteiger partial charge on any atom is 0.0702 e. The first-order valence-corrected chi connectivity index (χ1v) is 7.97. The van der Waals surface area contributed by atoms with Crippen LogP contribution < -0.4 is 5.73 Å². The van der Waals surface area contributed by atoms with E-state index >= 15 is 0 Å². The van der Waals surface area contributed by atoms with E-state index in [-0.39, 0.29) is 12.1 Å². The van der Waals surface area contributed by atoms with Crippen LogP contribution in [-0.2, 0) is 0 Å². The minimum absolute atomic E-state index is 0.0959. The lowest BCUT2D eigenvalue weighted by Gasteiger charge is -2.41. The first-order valence-electron chi connectivity index (χ1n) is 6.36. The molecule has 0 bridgehead atoms. The highest BCUT2D eigenvalue weighted by Crippen LogP contribution is 2.35. The van der Waals surface area contributed by atoms with E-state index in [1.54, 1.807) is 11.3 Å². The number of rotatable bonds is 3. The van der Waals surface area contributed by atoms with Gasteiger partial charge < -0.3 is 10.8 Å². The number of aliphatic hydroxyl groups is 1. The van der Waals surface area contributed by atoms with Crippen LogP contribution in [0.25, 0.3) is 0 Å². The first kappa shape index (κ1) is 14.5. The number of nitrogens with zero attached hydrogens (tertiary/aromatic N) is 1. The van der Waals surface area contributed by atoms with Crippen molar-refractivity contribution in [1.29, 1.82) is 0 Å². The summed E-state index contributed by atoms with van der Waals surface area (Å²) in [5.41, 5.74) is 5.66. The molecule has 2 unspecified atom stereocenters. The molecule has 3 N–H and O–H groups in total. The molecule has 18 heavy (non-hydrogen) atoms. The molecule has 0 amide bonds. The van der Waals surface area contributed by atoms with Crippen LogP contribution in [0.4, 0.5) is 0 Å². The quantitative estimate of drug-likeness (QED) is 0.894. The van der Waals surface area contributed by atoms with Crippen LogP contribution in [0.3, 0.4) is 0 Å². The molecule has 2 heterocycles. The summed E-state index contributed by atoms with van der Waals surface area (Å²) in [6.45, 7) is 5.81. The summed E-state index contributed by atoms with van der Waals surface area (Å²) < 4.78 is 1.15. The molecule has 3 nitrogen and oxygen atoms in total. The lowest BCUT2D eigenvalue weighted by Crippen LogP contribution is -2.47. The van der Waals surface area contributed by atoms with Gasteiger partial charge in [-0.25, -0.2) is 0 Å². The first-order chi connectivity index (χ1) is 8.39. The van der Waals surface area contributed by atoms with Gasteiger partial charge in [-0.2, -0.15) is 0 Å². The Morgan fingerprint density at radius 3 is 2.50 bits per heavy atom. The fraction of sp³-hybridized carbons (Fsp3) is 0.692. The molecule has 0 aliphatic carbocycles.